The number of imidazole rings is 2. The fourth-order valence-electron chi connectivity index (χ4n) is 3.32. The zero-order valence-electron chi connectivity index (χ0n) is 15.0. The molecule has 0 saturated carbocycles. The minimum absolute atomic E-state index is 0.0240. The Bertz CT molecular complexity index is 1420. The molecule has 5 rings (SSSR count). The number of rotatable bonds is 3. The van der Waals surface area contributed by atoms with E-state index < -0.39 is 5.82 Å². The van der Waals surface area contributed by atoms with E-state index in [1.165, 1.54) is 24.7 Å². The maximum Gasteiger partial charge on any atom is 0.328 e. The lowest BCUT2D eigenvalue weighted by molar-refractivity contribution is 0.627. The third-order valence-electron chi connectivity index (χ3n) is 4.80. The molecule has 0 amide bonds. The number of hydrogen-bond acceptors (Lipinski definition) is 5. The smallest absolute Gasteiger partial charge is 0.303 e. The number of fused-ring (bicyclic) bond motifs is 2. The number of aromatic amines is 1. The van der Waals surface area contributed by atoms with E-state index >= 15 is 0 Å². The molecule has 1 aromatic carbocycles. The molecule has 29 heavy (non-hydrogen) atoms. The Hall–Kier alpha value is -3.59. The number of pyridine rings is 1. The lowest BCUT2D eigenvalue weighted by Gasteiger charge is -2.13. The topological polar surface area (TPSA) is 94.3 Å². The van der Waals surface area contributed by atoms with Crippen LogP contribution in [0.15, 0.2) is 54.0 Å². The first-order valence-electron chi connectivity index (χ1n) is 8.72. The molecule has 0 aliphatic rings. The first-order valence-corrected chi connectivity index (χ1v) is 9.10. The molecule has 10 heteroatoms. The van der Waals surface area contributed by atoms with E-state index in [4.69, 9.17) is 11.6 Å². The van der Waals surface area contributed by atoms with Gasteiger partial charge >= 0.3 is 5.69 Å². The molecule has 0 radical (unpaired) electrons. The standard InChI is InChI=1S/C19H13ClFN7O/c1-10(11-3-2-4-22-7-11)28-17-15(25-19(28)29)8-23-18(26-17)27-9-24-14-6-13(21)12(20)5-16(14)27/h2-10H,1H3,(H,25,29). The number of hydrogen-bond donors (Lipinski definition) is 1. The van der Waals surface area contributed by atoms with Crippen LogP contribution >= 0.6 is 11.6 Å². The number of halogens is 2. The number of nitrogens with one attached hydrogen (secondary N) is 1. The van der Waals surface area contributed by atoms with Crippen LogP contribution in [0.2, 0.25) is 5.02 Å². The minimum Gasteiger partial charge on any atom is -0.303 e. The van der Waals surface area contributed by atoms with Gasteiger partial charge in [-0.05, 0) is 24.6 Å². The highest BCUT2D eigenvalue weighted by Crippen LogP contribution is 2.24. The Labute approximate surface area is 167 Å². The second-order valence-electron chi connectivity index (χ2n) is 6.54. The summed E-state index contributed by atoms with van der Waals surface area (Å²) in [7, 11) is 0. The summed E-state index contributed by atoms with van der Waals surface area (Å²) in [6, 6.07) is 6.13. The molecule has 0 saturated heterocycles. The highest BCUT2D eigenvalue weighted by atomic mass is 35.5. The van der Waals surface area contributed by atoms with Crippen molar-refractivity contribution in [1.29, 1.82) is 0 Å². The van der Waals surface area contributed by atoms with Crippen molar-refractivity contribution in [3.05, 3.63) is 76.1 Å². The third-order valence-corrected chi connectivity index (χ3v) is 5.09. The zero-order chi connectivity index (χ0) is 20.1. The van der Waals surface area contributed by atoms with Crippen LogP contribution in [-0.4, -0.2) is 34.1 Å². The molecule has 144 valence electrons. The summed E-state index contributed by atoms with van der Waals surface area (Å²) in [5, 5.41) is -0.0240. The molecule has 0 aliphatic heterocycles. The molecule has 1 N–H and O–H groups in total. The number of benzene rings is 1. The second kappa shape index (κ2) is 6.49. The van der Waals surface area contributed by atoms with Crippen molar-refractivity contribution in [2.24, 2.45) is 0 Å². The Morgan fingerprint density at radius 2 is 2.10 bits per heavy atom. The van der Waals surface area contributed by atoms with Crippen molar-refractivity contribution >= 4 is 33.8 Å². The third kappa shape index (κ3) is 2.78. The first-order chi connectivity index (χ1) is 14.0. The molecule has 4 heterocycles. The van der Waals surface area contributed by atoms with Gasteiger partial charge in [-0.15, -0.1) is 0 Å². The molecule has 8 nitrogen and oxygen atoms in total. The summed E-state index contributed by atoms with van der Waals surface area (Å²) in [5.41, 5.74) is 2.48. The average Bonchev–Trinajstić information content (AvgIpc) is 3.27. The highest BCUT2D eigenvalue weighted by molar-refractivity contribution is 6.31. The summed E-state index contributed by atoms with van der Waals surface area (Å²) < 4.78 is 16.9. The van der Waals surface area contributed by atoms with Crippen molar-refractivity contribution in [3.63, 3.8) is 0 Å². The van der Waals surface area contributed by atoms with Crippen molar-refractivity contribution in [2.45, 2.75) is 13.0 Å². The number of nitrogens with zero attached hydrogens (tertiary/aromatic N) is 6. The van der Waals surface area contributed by atoms with Crippen LogP contribution in [0.5, 0.6) is 0 Å². The summed E-state index contributed by atoms with van der Waals surface area (Å²) in [4.78, 5) is 32.6. The van der Waals surface area contributed by atoms with Gasteiger partial charge in [-0.3, -0.25) is 14.1 Å². The largest absolute Gasteiger partial charge is 0.328 e. The van der Waals surface area contributed by atoms with Gasteiger partial charge in [-0.25, -0.2) is 19.2 Å². The summed E-state index contributed by atoms with van der Waals surface area (Å²) >= 11 is 5.92. The minimum atomic E-state index is -0.550. The van der Waals surface area contributed by atoms with E-state index in [0.29, 0.717) is 22.2 Å². The predicted molar refractivity (Wildman–Crippen MR) is 106 cm³/mol. The van der Waals surface area contributed by atoms with Gasteiger partial charge in [-0.1, -0.05) is 17.7 Å². The van der Waals surface area contributed by atoms with Gasteiger partial charge in [0.2, 0.25) is 5.95 Å². The van der Waals surface area contributed by atoms with Crippen LogP contribution in [0.25, 0.3) is 28.1 Å². The van der Waals surface area contributed by atoms with Crippen LogP contribution in [-0.2, 0) is 0 Å². The lowest BCUT2D eigenvalue weighted by atomic mass is 10.1. The van der Waals surface area contributed by atoms with E-state index in [9.17, 15) is 9.18 Å². The van der Waals surface area contributed by atoms with Crippen LogP contribution in [0.4, 0.5) is 4.39 Å². The molecular weight excluding hydrogens is 397 g/mol. The Kier molecular flexibility index (Phi) is 3.92. The average molecular weight is 410 g/mol. The molecule has 0 aliphatic carbocycles. The van der Waals surface area contributed by atoms with Gasteiger partial charge in [0.15, 0.2) is 5.65 Å². The molecular formula is C19H13ClFN7O. The molecule has 1 unspecified atom stereocenters. The maximum atomic E-state index is 13.7. The van der Waals surface area contributed by atoms with E-state index in [0.717, 1.165) is 5.56 Å². The fourth-order valence-corrected chi connectivity index (χ4v) is 3.48. The molecule has 1 atom stereocenters. The van der Waals surface area contributed by atoms with Crippen LogP contribution in [0.3, 0.4) is 0 Å². The Morgan fingerprint density at radius 1 is 1.24 bits per heavy atom. The number of H-pyrrole nitrogens is 1. The van der Waals surface area contributed by atoms with E-state index in [2.05, 4.69) is 24.9 Å². The monoisotopic (exact) mass is 409 g/mol. The van der Waals surface area contributed by atoms with Crippen molar-refractivity contribution < 1.29 is 4.39 Å². The van der Waals surface area contributed by atoms with Crippen molar-refractivity contribution in [3.8, 4) is 5.95 Å². The summed E-state index contributed by atoms with van der Waals surface area (Å²) in [6.07, 6.45) is 6.40. The Balaban J connectivity index is 1.70. The fraction of sp³-hybridized carbons (Fsp3) is 0.105. The van der Waals surface area contributed by atoms with Gasteiger partial charge in [-0.2, -0.15) is 4.98 Å². The molecule has 0 spiro atoms. The van der Waals surface area contributed by atoms with Gasteiger partial charge < -0.3 is 4.98 Å². The van der Waals surface area contributed by atoms with Crippen LogP contribution < -0.4 is 5.69 Å². The zero-order valence-corrected chi connectivity index (χ0v) is 15.8. The highest BCUT2D eigenvalue weighted by Gasteiger charge is 2.18. The van der Waals surface area contributed by atoms with E-state index in [1.807, 2.05) is 19.1 Å². The normalized spacial score (nSPS) is 12.7. The van der Waals surface area contributed by atoms with Crippen LogP contribution in [0.1, 0.15) is 18.5 Å². The van der Waals surface area contributed by atoms with Crippen molar-refractivity contribution in [2.75, 3.05) is 0 Å². The summed E-state index contributed by atoms with van der Waals surface area (Å²) in [5.74, 6) is -0.264. The number of aromatic nitrogens is 7. The van der Waals surface area contributed by atoms with Gasteiger partial charge in [0.25, 0.3) is 0 Å². The molecule has 0 fully saturated rings. The molecule has 0 bridgehead atoms. The molecule has 4 aromatic heterocycles. The van der Waals surface area contributed by atoms with Crippen molar-refractivity contribution in [1.82, 2.24) is 34.1 Å². The van der Waals surface area contributed by atoms with Gasteiger partial charge in [0.1, 0.15) is 17.7 Å². The lowest BCUT2D eigenvalue weighted by Crippen LogP contribution is -2.21. The summed E-state index contributed by atoms with van der Waals surface area (Å²) in [6.45, 7) is 1.89. The Morgan fingerprint density at radius 3 is 2.90 bits per heavy atom. The maximum absolute atomic E-state index is 13.7. The second-order valence-corrected chi connectivity index (χ2v) is 6.95. The predicted octanol–water partition coefficient (Wildman–Crippen LogP) is 3.26. The SMILES string of the molecule is CC(c1cccnc1)n1c(=O)[nH]c2cnc(-n3cnc4cc(F)c(Cl)cc43)nc21. The van der Waals surface area contributed by atoms with Crippen LogP contribution in [0, 0.1) is 5.82 Å². The quantitative estimate of drug-likeness (QED) is 0.493. The van der Waals surface area contributed by atoms with E-state index in [1.54, 1.807) is 21.5 Å². The first kappa shape index (κ1) is 17.5. The molecule has 5 aromatic rings. The van der Waals surface area contributed by atoms with E-state index in [-0.39, 0.29) is 22.7 Å². The van der Waals surface area contributed by atoms with Gasteiger partial charge in [0, 0.05) is 18.5 Å². The van der Waals surface area contributed by atoms with Gasteiger partial charge in [0.05, 0.1) is 28.3 Å².